The third-order valence-corrected chi connectivity index (χ3v) is 4.35. The number of thioether (sulfide) groups is 1. The van der Waals surface area contributed by atoms with Crippen LogP contribution < -0.4 is 14.8 Å². The Balaban J connectivity index is 1.38. The normalized spacial score (nSPS) is 15.5. The molecule has 9 heteroatoms. The van der Waals surface area contributed by atoms with Gasteiger partial charge in [-0.05, 0) is 17.7 Å². The highest BCUT2D eigenvalue weighted by molar-refractivity contribution is 8.13. The van der Waals surface area contributed by atoms with Gasteiger partial charge in [-0.1, -0.05) is 17.8 Å². The number of rotatable bonds is 6. The van der Waals surface area contributed by atoms with Crippen LogP contribution in [-0.2, 0) is 20.9 Å². The summed E-state index contributed by atoms with van der Waals surface area (Å²) < 4.78 is 15.3. The van der Waals surface area contributed by atoms with Crippen molar-refractivity contribution in [3.8, 4) is 11.5 Å². The van der Waals surface area contributed by atoms with Crippen LogP contribution >= 0.6 is 11.8 Å². The lowest BCUT2D eigenvalue weighted by atomic mass is 10.2. The van der Waals surface area contributed by atoms with E-state index in [1.807, 2.05) is 6.07 Å². The summed E-state index contributed by atoms with van der Waals surface area (Å²) in [5, 5.41) is 2.51. The summed E-state index contributed by atoms with van der Waals surface area (Å²) in [6.07, 6.45) is 0. The van der Waals surface area contributed by atoms with Gasteiger partial charge in [0.15, 0.2) is 18.1 Å². The van der Waals surface area contributed by atoms with Crippen molar-refractivity contribution in [1.29, 1.82) is 0 Å². The molecular weight excluding hydrogens is 336 g/mol. The predicted octanol–water partition coefficient (Wildman–Crippen LogP) is 0.743. The van der Waals surface area contributed by atoms with Crippen LogP contribution in [0.1, 0.15) is 5.56 Å². The summed E-state index contributed by atoms with van der Waals surface area (Å²) in [7, 11) is 0. The van der Waals surface area contributed by atoms with Gasteiger partial charge in [0, 0.05) is 18.8 Å². The van der Waals surface area contributed by atoms with E-state index in [9.17, 15) is 14.4 Å². The van der Waals surface area contributed by atoms with Crippen molar-refractivity contribution in [3.05, 3.63) is 23.8 Å². The Morgan fingerprint density at radius 1 is 1.29 bits per heavy atom. The maximum Gasteiger partial charge on any atom is 0.326 e. The van der Waals surface area contributed by atoms with E-state index in [-0.39, 0.29) is 31.7 Å². The van der Waals surface area contributed by atoms with Gasteiger partial charge in [0.05, 0.1) is 0 Å². The molecule has 2 amide bonds. The minimum atomic E-state index is -0.593. The average Bonchev–Trinajstić information content (AvgIpc) is 3.19. The fraction of sp³-hybridized carbons (Fsp3) is 0.400. The molecule has 2 heterocycles. The second-order valence-corrected chi connectivity index (χ2v) is 6.21. The third-order valence-electron chi connectivity index (χ3n) is 3.46. The van der Waals surface area contributed by atoms with Crippen LogP contribution in [0.3, 0.4) is 0 Å². The molecule has 0 radical (unpaired) electrons. The zero-order valence-corrected chi connectivity index (χ0v) is 13.6. The molecule has 0 atom stereocenters. The van der Waals surface area contributed by atoms with Crippen molar-refractivity contribution in [3.63, 3.8) is 0 Å². The van der Waals surface area contributed by atoms with Gasteiger partial charge in [-0.2, -0.15) is 0 Å². The first-order valence-electron chi connectivity index (χ1n) is 7.34. The van der Waals surface area contributed by atoms with E-state index in [2.05, 4.69) is 5.32 Å². The van der Waals surface area contributed by atoms with E-state index < -0.39 is 11.9 Å². The quantitative estimate of drug-likeness (QED) is 0.755. The predicted molar refractivity (Wildman–Crippen MR) is 84.8 cm³/mol. The Labute approximate surface area is 142 Å². The topological polar surface area (TPSA) is 94.2 Å². The highest BCUT2D eigenvalue weighted by Crippen LogP contribution is 2.32. The van der Waals surface area contributed by atoms with Gasteiger partial charge in [-0.25, -0.2) is 0 Å². The molecule has 1 N–H and O–H groups in total. The first kappa shape index (κ1) is 16.4. The lowest BCUT2D eigenvalue weighted by Gasteiger charge is -2.13. The summed E-state index contributed by atoms with van der Waals surface area (Å²) >= 11 is 1.17. The van der Waals surface area contributed by atoms with Crippen LogP contribution in [-0.4, -0.2) is 54.3 Å². The first-order valence-corrected chi connectivity index (χ1v) is 8.33. The molecule has 0 saturated carbocycles. The van der Waals surface area contributed by atoms with Gasteiger partial charge in [0.25, 0.3) is 11.1 Å². The molecule has 0 spiro atoms. The Bertz CT molecular complexity index is 665. The summed E-state index contributed by atoms with van der Waals surface area (Å²) in [6.45, 7) is 0.502. The van der Waals surface area contributed by atoms with Crippen molar-refractivity contribution in [2.45, 2.75) is 6.54 Å². The molecule has 128 valence electrons. The van der Waals surface area contributed by atoms with E-state index in [1.54, 1.807) is 12.1 Å². The summed E-state index contributed by atoms with van der Waals surface area (Å²) in [5.74, 6) is 0.976. The van der Waals surface area contributed by atoms with E-state index in [1.165, 1.54) is 16.7 Å². The standard InChI is InChI=1S/C15H16N2O6S/c18-13(8-21-14(19)7-17-3-4-24-15(17)20)16-6-10-1-2-11-12(5-10)23-9-22-11/h1-2,5H,3-4,6-9H2,(H,16,18). The van der Waals surface area contributed by atoms with Crippen LogP contribution in [0.5, 0.6) is 11.5 Å². The summed E-state index contributed by atoms with van der Waals surface area (Å²) in [6, 6.07) is 5.37. The number of amides is 2. The maximum absolute atomic E-state index is 11.7. The summed E-state index contributed by atoms with van der Waals surface area (Å²) in [5.41, 5.74) is 0.846. The van der Waals surface area contributed by atoms with Crippen LogP contribution in [0.4, 0.5) is 4.79 Å². The van der Waals surface area contributed by atoms with E-state index in [0.717, 1.165) is 5.56 Å². The van der Waals surface area contributed by atoms with Crippen molar-refractivity contribution in [2.24, 2.45) is 0 Å². The molecule has 2 aliphatic rings. The van der Waals surface area contributed by atoms with Gasteiger partial charge in [-0.3, -0.25) is 14.4 Å². The second kappa shape index (κ2) is 7.43. The average molecular weight is 352 g/mol. The minimum Gasteiger partial charge on any atom is -0.454 e. The number of hydrogen-bond acceptors (Lipinski definition) is 7. The molecule has 8 nitrogen and oxygen atoms in total. The smallest absolute Gasteiger partial charge is 0.326 e. The van der Waals surface area contributed by atoms with Crippen molar-refractivity contribution >= 4 is 28.9 Å². The highest BCUT2D eigenvalue weighted by Gasteiger charge is 2.24. The number of fused-ring (bicyclic) bond motifs is 1. The second-order valence-electron chi connectivity index (χ2n) is 5.16. The molecule has 1 saturated heterocycles. The molecule has 24 heavy (non-hydrogen) atoms. The zero-order valence-electron chi connectivity index (χ0n) is 12.8. The number of ether oxygens (including phenoxy) is 3. The molecule has 2 aliphatic heterocycles. The van der Waals surface area contributed by atoms with Crippen LogP contribution in [0, 0.1) is 0 Å². The molecule has 1 aromatic carbocycles. The van der Waals surface area contributed by atoms with Gasteiger partial charge in [-0.15, -0.1) is 0 Å². The molecule has 1 fully saturated rings. The lowest BCUT2D eigenvalue weighted by Crippen LogP contribution is -2.34. The van der Waals surface area contributed by atoms with Crippen LogP contribution in [0.15, 0.2) is 18.2 Å². The molecule has 0 bridgehead atoms. The number of nitrogens with zero attached hydrogens (tertiary/aromatic N) is 1. The molecular formula is C15H16N2O6S. The Morgan fingerprint density at radius 2 is 2.12 bits per heavy atom. The van der Waals surface area contributed by atoms with E-state index in [4.69, 9.17) is 14.2 Å². The van der Waals surface area contributed by atoms with Crippen LogP contribution in [0.2, 0.25) is 0 Å². The van der Waals surface area contributed by atoms with E-state index in [0.29, 0.717) is 23.8 Å². The Hall–Kier alpha value is -2.42. The number of carbonyl (C=O) groups is 3. The van der Waals surface area contributed by atoms with E-state index >= 15 is 0 Å². The minimum absolute atomic E-state index is 0.124. The van der Waals surface area contributed by atoms with Gasteiger partial charge >= 0.3 is 5.97 Å². The number of benzene rings is 1. The molecule has 0 aliphatic carbocycles. The number of esters is 1. The van der Waals surface area contributed by atoms with Crippen LogP contribution in [0.25, 0.3) is 0 Å². The van der Waals surface area contributed by atoms with Crippen molar-refractivity contribution < 1.29 is 28.6 Å². The number of nitrogens with one attached hydrogen (secondary N) is 1. The first-order chi connectivity index (χ1) is 11.6. The SMILES string of the molecule is O=C(COC(=O)CN1CCSC1=O)NCc1ccc2c(c1)OCO2. The monoisotopic (exact) mass is 352 g/mol. The number of hydrogen-bond donors (Lipinski definition) is 1. The van der Waals surface area contributed by atoms with Crippen molar-refractivity contribution in [2.75, 3.05) is 32.2 Å². The van der Waals surface area contributed by atoms with Crippen molar-refractivity contribution in [1.82, 2.24) is 10.2 Å². The Morgan fingerprint density at radius 3 is 2.92 bits per heavy atom. The largest absolute Gasteiger partial charge is 0.454 e. The molecule has 1 aromatic rings. The molecule has 0 aromatic heterocycles. The summed E-state index contributed by atoms with van der Waals surface area (Å²) in [4.78, 5) is 36.1. The molecule has 0 unspecified atom stereocenters. The fourth-order valence-electron chi connectivity index (χ4n) is 2.22. The third kappa shape index (κ3) is 4.10. The maximum atomic E-state index is 11.7. The van der Waals surface area contributed by atoms with Gasteiger partial charge in [0.2, 0.25) is 6.79 Å². The van der Waals surface area contributed by atoms with Gasteiger partial charge in [0.1, 0.15) is 6.54 Å². The van der Waals surface area contributed by atoms with Gasteiger partial charge < -0.3 is 24.4 Å². The zero-order chi connectivity index (χ0) is 16.9. The Kier molecular flexibility index (Phi) is 5.09. The highest BCUT2D eigenvalue weighted by atomic mass is 32.2. The molecule has 3 rings (SSSR count). The number of carbonyl (C=O) groups excluding carboxylic acids is 3. The lowest BCUT2D eigenvalue weighted by molar-refractivity contribution is -0.148. The fourth-order valence-corrected chi connectivity index (χ4v) is 3.04.